The zero-order valence-electron chi connectivity index (χ0n) is 8.66. The third kappa shape index (κ3) is 2.00. The fourth-order valence-corrected chi connectivity index (χ4v) is 2.46. The highest BCUT2D eigenvalue weighted by Gasteiger charge is 2.30. The highest BCUT2D eigenvalue weighted by molar-refractivity contribution is 5.69. The lowest BCUT2D eigenvalue weighted by Gasteiger charge is -2.24. The van der Waals surface area contributed by atoms with Crippen molar-refractivity contribution in [3.05, 3.63) is 0 Å². The molecule has 0 bridgehead atoms. The fourth-order valence-electron chi connectivity index (χ4n) is 2.46. The van der Waals surface area contributed by atoms with Crippen molar-refractivity contribution in [1.29, 1.82) is 0 Å². The van der Waals surface area contributed by atoms with Gasteiger partial charge in [-0.05, 0) is 32.4 Å². The van der Waals surface area contributed by atoms with E-state index in [1.165, 1.54) is 19.4 Å². The molecule has 2 unspecified atom stereocenters. The van der Waals surface area contributed by atoms with Crippen molar-refractivity contribution >= 4 is 6.09 Å². The highest BCUT2D eigenvalue weighted by Crippen LogP contribution is 2.21. The lowest BCUT2D eigenvalue weighted by Crippen LogP contribution is -2.36. The Labute approximate surface area is 84.6 Å². The van der Waals surface area contributed by atoms with Gasteiger partial charge in [-0.2, -0.15) is 0 Å². The number of carbonyl (C=O) groups excluding carboxylic acids is 1. The summed E-state index contributed by atoms with van der Waals surface area (Å²) >= 11 is 0. The summed E-state index contributed by atoms with van der Waals surface area (Å²) in [6, 6.07) is 0.881. The minimum absolute atomic E-state index is 0.236. The summed E-state index contributed by atoms with van der Waals surface area (Å²) in [6.07, 6.45) is 3.34. The van der Waals surface area contributed by atoms with Crippen LogP contribution in [-0.2, 0) is 4.74 Å². The normalized spacial score (nSPS) is 33.1. The average Bonchev–Trinajstić information content (AvgIpc) is 2.76. The Kier molecular flexibility index (Phi) is 2.91. The standard InChI is InChI=1S/C10H18N2O2/c1-2-12-5-3-4-9(12)6-8-7-14-10(13)11-8/h8-9H,2-7H2,1H3,(H,11,13). The highest BCUT2D eigenvalue weighted by atomic mass is 16.6. The third-order valence-corrected chi connectivity index (χ3v) is 3.20. The molecule has 0 aromatic rings. The van der Waals surface area contributed by atoms with E-state index < -0.39 is 0 Å². The van der Waals surface area contributed by atoms with Crippen LogP contribution in [0.4, 0.5) is 4.79 Å². The third-order valence-electron chi connectivity index (χ3n) is 3.20. The zero-order valence-corrected chi connectivity index (χ0v) is 8.66. The summed E-state index contributed by atoms with van der Waals surface area (Å²) in [4.78, 5) is 13.3. The number of ether oxygens (including phenoxy) is 1. The van der Waals surface area contributed by atoms with E-state index in [0.717, 1.165) is 13.0 Å². The maximum absolute atomic E-state index is 10.8. The van der Waals surface area contributed by atoms with Gasteiger partial charge in [0.1, 0.15) is 6.61 Å². The van der Waals surface area contributed by atoms with Gasteiger partial charge in [-0.3, -0.25) is 0 Å². The molecule has 0 spiro atoms. The molecule has 2 aliphatic heterocycles. The van der Waals surface area contributed by atoms with Crippen LogP contribution in [0.15, 0.2) is 0 Å². The molecule has 2 saturated heterocycles. The molecule has 1 amide bonds. The molecule has 1 N–H and O–H groups in total. The first kappa shape index (κ1) is 9.77. The van der Waals surface area contributed by atoms with Crippen molar-refractivity contribution in [2.24, 2.45) is 0 Å². The van der Waals surface area contributed by atoms with Gasteiger partial charge in [0.15, 0.2) is 0 Å². The van der Waals surface area contributed by atoms with Gasteiger partial charge in [0.05, 0.1) is 6.04 Å². The van der Waals surface area contributed by atoms with Crippen molar-refractivity contribution in [1.82, 2.24) is 10.2 Å². The lowest BCUT2D eigenvalue weighted by molar-refractivity contribution is 0.174. The molecular weight excluding hydrogens is 180 g/mol. The number of amides is 1. The Morgan fingerprint density at radius 1 is 1.64 bits per heavy atom. The number of rotatable bonds is 3. The van der Waals surface area contributed by atoms with Crippen LogP contribution < -0.4 is 5.32 Å². The monoisotopic (exact) mass is 198 g/mol. The van der Waals surface area contributed by atoms with E-state index in [-0.39, 0.29) is 12.1 Å². The second-order valence-electron chi connectivity index (χ2n) is 4.10. The number of alkyl carbamates (subject to hydrolysis) is 1. The number of likely N-dealkylation sites (tertiary alicyclic amines) is 1. The molecule has 0 aliphatic carbocycles. The van der Waals surface area contributed by atoms with Gasteiger partial charge in [0.25, 0.3) is 0 Å². The maximum atomic E-state index is 10.8. The van der Waals surface area contributed by atoms with Crippen molar-refractivity contribution in [3.8, 4) is 0 Å². The molecule has 2 fully saturated rings. The molecule has 4 nitrogen and oxygen atoms in total. The van der Waals surface area contributed by atoms with Gasteiger partial charge in [0, 0.05) is 6.04 Å². The molecule has 0 radical (unpaired) electrons. The second-order valence-corrected chi connectivity index (χ2v) is 4.10. The lowest BCUT2D eigenvalue weighted by atomic mass is 10.1. The summed E-state index contributed by atoms with van der Waals surface area (Å²) in [6.45, 7) is 5.07. The Bertz CT molecular complexity index is 220. The molecule has 0 saturated carbocycles. The molecule has 0 aromatic carbocycles. The van der Waals surface area contributed by atoms with E-state index in [4.69, 9.17) is 4.74 Å². The number of nitrogens with one attached hydrogen (secondary N) is 1. The molecular formula is C10H18N2O2. The number of carbonyl (C=O) groups is 1. The fraction of sp³-hybridized carbons (Fsp3) is 0.900. The smallest absolute Gasteiger partial charge is 0.407 e. The van der Waals surface area contributed by atoms with Crippen LogP contribution in [0.3, 0.4) is 0 Å². The molecule has 2 heterocycles. The molecule has 2 atom stereocenters. The van der Waals surface area contributed by atoms with E-state index >= 15 is 0 Å². The first-order valence-electron chi connectivity index (χ1n) is 5.47. The van der Waals surface area contributed by atoms with Crippen molar-refractivity contribution in [2.75, 3.05) is 19.7 Å². The van der Waals surface area contributed by atoms with Gasteiger partial charge in [0.2, 0.25) is 0 Å². The molecule has 2 rings (SSSR count). The van der Waals surface area contributed by atoms with Gasteiger partial charge in [-0.15, -0.1) is 0 Å². The van der Waals surface area contributed by atoms with Crippen LogP contribution in [0.5, 0.6) is 0 Å². The number of nitrogens with zero attached hydrogens (tertiary/aromatic N) is 1. The van der Waals surface area contributed by atoms with Crippen molar-refractivity contribution < 1.29 is 9.53 Å². The molecule has 4 heteroatoms. The van der Waals surface area contributed by atoms with Gasteiger partial charge in [-0.1, -0.05) is 6.92 Å². The predicted molar refractivity (Wildman–Crippen MR) is 53.2 cm³/mol. The Morgan fingerprint density at radius 2 is 2.50 bits per heavy atom. The van der Waals surface area contributed by atoms with E-state index in [9.17, 15) is 4.79 Å². The van der Waals surface area contributed by atoms with Gasteiger partial charge >= 0.3 is 6.09 Å². The second kappa shape index (κ2) is 4.17. The number of hydrogen-bond acceptors (Lipinski definition) is 3. The summed E-state index contributed by atoms with van der Waals surface area (Å²) in [7, 11) is 0. The van der Waals surface area contributed by atoms with Crippen LogP contribution in [-0.4, -0.2) is 42.8 Å². The van der Waals surface area contributed by atoms with E-state index in [2.05, 4.69) is 17.1 Å². The summed E-state index contributed by atoms with van der Waals surface area (Å²) in [5.74, 6) is 0. The first-order chi connectivity index (χ1) is 6.79. The topological polar surface area (TPSA) is 41.6 Å². The summed E-state index contributed by atoms with van der Waals surface area (Å²) in [5, 5.41) is 2.84. The summed E-state index contributed by atoms with van der Waals surface area (Å²) < 4.78 is 4.88. The van der Waals surface area contributed by atoms with E-state index in [1.54, 1.807) is 0 Å². The molecule has 0 aromatic heterocycles. The Morgan fingerprint density at radius 3 is 3.14 bits per heavy atom. The van der Waals surface area contributed by atoms with Crippen LogP contribution in [0.1, 0.15) is 26.2 Å². The van der Waals surface area contributed by atoms with E-state index in [1.807, 2.05) is 0 Å². The molecule has 2 aliphatic rings. The first-order valence-corrected chi connectivity index (χ1v) is 5.47. The Balaban J connectivity index is 1.81. The largest absolute Gasteiger partial charge is 0.447 e. The minimum atomic E-state index is -0.254. The van der Waals surface area contributed by atoms with Crippen LogP contribution in [0.25, 0.3) is 0 Å². The van der Waals surface area contributed by atoms with Crippen LogP contribution >= 0.6 is 0 Å². The van der Waals surface area contributed by atoms with Gasteiger partial charge in [-0.25, -0.2) is 4.79 Å². The minimum Gasteiger partial charge on any atom is -0.447 e. The molecule has 80 valence electrons. The summed E-state index contributed by atoms with van der Waals surface area (Å²) in [5.41, 5.74) is 0. The molecule has 14 heavy (non-hydrogen) atoms. The van der Waals surface area contributed by atoms with Crippen LogP contribution in [0, 0.1) is 0 Å². The zero-order chi connectivity index (χ0) is 9.97. The van der Waals surface area contributed by atoms with Crippen LogP contribution in [0.2, 0.25) is 0 Å². The van der Waals surface area contributed by atoms with Crippen molar-refractivity contribution in [2.45, 2.75) is 38.3 Å². The SMILES string of the molecule is CCN1CCCC1CC1COC(=O)N1. The van der Waals surface area contributed by atoms with E-state index in [0.29, 0.717) is 12.6 Å². The number of cyclic esters (lactones) is 1. The van der Waals surface area contributed by atoms with Crippen molar-refractivity contribution in [3.63, 3.8) is 0 Å². The number of hydrogen-bond donors (Lipinski definition) is 1. The quantitative estimate of drug-likeness (QED) is 0.734. The Hall–Kier alpha value is -0.770. The maximum Gasteiger partial charge on any atom is 0.407 e. The van der Waals surface area contributed by atoms with Gasteiger partial charge < -0.3 is 15.0 Å². The predicted octanol–water partition coefficient (Wildman–Crippen LogP) is 0.969. The average molecular weight is 198 g/mol.